The number of hydrogen-bond donors (Lipinski definition) is 2. The first-order valence-electron chi connectivity index (χ1n) is 11.5. The maximum atomic E-state index is 12.8. The van der Waals surface area contributed by atoms with Crippen molar-refractivity contribution in [2.45, 2.75) is 43.5 Å². The molecule has 0 spiro atoms. The van der Waals surface area contributed by atoms with Gasteiger partial charge in [0.15, 0.2) is 14.6 Å². The number of nitrogens with one attached hydrogen (secondary N) is 1. The van der Waals surface area contributed by atoms with Crippen molar-refractivity contribution in [3.63, 3.8) is 0 Å². The standard InChI is InChI=1S/C24H29N3O6S2/c1-24(23(29)25-30,35(2,31)32)9-10-26-16-18-13-20(34-21(18)22(26)28)6-4-3-5-17-14-27(15-17)19-7-11-33-12-8-19/h13,17,19,30H,7-12,14-16H2,1-2H3,(H,25,29)/t24-/m1/s1. The zero-order valence-corrected chi connectivity index (χ0v) is 21.4. The summed E-state index contributed by atoms with van der Waals surface area (Å²) in [6, 6.07) is 2.48. The third-order valence-corrected chi connectivity index (χ3v) is 10.2. The fourth-order valence-electron chi connectivity index (χ4n) is 4.51. The van der Waals surface area contributed by atoms with Crippen LogP contribution >= 0.6 is 11.3 Å². The SMILES string of the molecule is C[C@@](CCN1Cc2cc(C#CC#CC3CN(C4CCOCC4)C3)sc2C1=O)(C(=O)NO)S(C)(=O)=O. The monoisotopic (exact) mass is 519 g/mol. The van der Waals surface area contributed by atoms with Crippen molar-refractivity contribution in [3.8, 4) is 23.7 Å². The van der Waals surface area contributed by atoms with Gasteiger partial charge in [-0.1, -0.05) is 5.92 Å². The van der Waals surface area contributed by atoms with Crippen LogP contribution in [0, 0.1) is 29.6 Å². The predicted molar refractivity (Wildman–Crippen MR) is 130 cm³/mol. The number of carbonyl (C=O) groups is 2. The van der Waals surface area contributed by atoms with E-state index in [9.17, 15) is 18.0 Å². The van der Waals surface area contributed by atoms with Crippen LogP contribution in [-0.4, -0.2) is 85.1 Å². The molecule has 2 saturated heterocycles. The smallest absolute Gasteiger partial charge is 0.264 e. The molecule has 0 bridgehead atoms. The number of fused-ring (bicyclic) bond motifs is 1. The normalized spacial score (nSPS) is 20.7. The summed E-state index contributed by atoms with van der Waals surface area (Å²) in [6.07, 6.45) is 2.99. The molecular formula is C24H29N3O6S2. The Morgan fingerprint density at radius 2 is 2.03 bits per heavy atom. The highest BCUT2D eigenvalue weighted by Gasteiger charge is 2.44. The van der Waals surface area contributed by atoms with Gasteiger partial charge in [-0.15, -0.1) is 11.3 Å². The number of hydrogen-bond acceptors (Lipinski definition) is 8. The van der Waals surface area contributed by atoms with Crippen molar-refractivity contribution in [3.05, 3.63) is 21.4 Å². The second-order valence-corrected chi connectivity index (χ2v) is 12.9. The molecule has 1 atom stereocenters. The molecular weight excluding hydrogens is 490 g/mol. The molecule has 9 nitrogen and oxygen atoms in total. The Morgan fingerprint density at radius 3 is 2.66 bits per heavy atom. The van der Waals surface area contributed by atoms with Crippen LogP contribution in [0.5, 0.6) is 0 Å². The minimum Gasteiger partial charge on any atom is -0.381 e. The molecule has 0 radical (unpaired) electrons. The van der Waals surface area contributed by atoms with Crippen molar-refractivity contribution in [1.82, 2.24) is 15.3 Å². The molecule has 2 N–H and O–H groups in total. The molecule has 0 saturated carbocycles. The lowest BCUT2D eigenvalue weighted by Gasteiger charge is -2.43. The average molecular weight is 520 g/mol. The van der Waals surface area contributed by atoms with E-state index in [1.165, 1.54) is 28.6 Å². The molecule has 3 aliphatic rings. The van der Waals surface area contributed by atoms with Crippen LogP contribution in [0.4, 0.5) is 0 Å². The van der Waals surface area contributed by atoms with E-state index in [2.05, 4.69) is 28.6 Å². The summed E-state index contributed by atoms with van der Waals surface area (Å²) in [5, 5.41) is 8.95. The number of amides is 2. The molecule has 1 aromatic rings. The van der Waals surface area contributed by atoms with Gasteiger partial charge in [0.05, 0.1) is 9.75 Å². The second-order valence-electron chi connectivity index (χ2n) is 9.40. The summed E-state index contributed by atoms with van der Waals surface area (Å²) < 4.78 is 27.8. The highest BCUT2D eigenvalue weighted by molar-refractivity contribution is 7.92. The molecule has 0 aromatic carbocycles. The van der Waals surface area contributed by atoms with E-state index in [0.717, 1.165) is 55.8 Å². The van der Waals surface area contributed by atoms with E-state index >= 15 is 0 Å². The Labute approximate surface area is 209 Å². The highest BCUT2D eigenvalue weighted by atomic mass is 32.2. The number of ether oxygens (including phenoxy) is 1. The number of rotatable bonds is 6. The van der Waals surface area contributed by atoms with E-state index in [0.29, 0.717) is 23.4 Å². The van der Waals surface area contributed by atoms with Crippen LogP contribution in [0.2, 0.25) is 0 Å². The Balaban J connectivity index is 1.30. The molecule has 0 unspecified atom stereocenters. The van der Waals surface area contributed by atoms with Gasteiger partial charge in [-0.25, -0.2) is 13.9 Å². The number of hydroxylamine groups is 1. The highest BCUT2D eigenvalue weighted by Crippen LogP contribution is 2.32. The van der Waals surface area contributed by atoms with Crippen LogP contribution < -0.4 is 5.48 Å². The Morgan fingerprint density at radius 1 is 1.31 bits per heavy atom. The summed E-state index contributed by atoms with van der Waals surface area (Å²) in [5.74, 6) is 11.2. The Hall–Kier alpha value is -2.41. The van der Waals surface area contributed by atoms with E-state index < -0.39 is 20.5 Å². The molecule has 2 amide bonds. The fourth-order valence-corrected chi connectivity index (χ4v) is 6.35. The second kappa shape index (κ2) is 10.3. The van der Waals surface area contributed by atoms with Gasteiger partial charge < -0.3 is 9.64 Å². The third-order valence-electron chi connectivity index (χ3n) is 7.05. The zero-order valence-electron chi connectivity index (χ0n) is 19.8. The van der Waals surface area contributed by atoms with Crippen molar-refractivity contribution >= 4 is 33.0 Å². The summed E-state index contributed by atoms with van der Waals surface area (Å²) in [7, 11) is -3.82. The molecule has 4 heterocycles. The van der Waals surface area contributed by atoms with Gasteiger partial charge >= 0.3 is 0 Å². The first kappa shape index (κ1) is 25.7. The molecule has 188 valence electrons. The first-order valence-corrected chi connectivity index (χ1v) is 14.2. The summed E-state index contributed by atoms with van der Waals surface area (Å²) in [5.41, 5.74) is 2.25. The van der Waals surface area contributed by atoms with E-state index in [1.807, 2.05) is 6.07 Å². The minimum absolute atomic E-state index is 0.0655. The third kappa shape index (κ3) is 5.40. The van der Waals surface area contributed by atoms with E-state index in [4.69, 9.17) is 9.94 Å². The van der Waals surface area contributed by atoms with Gasteiger partial charge in [0, 0.05) is 57.6 Å². The first-order chi connectivity index (χ1) is 16.6. The molecule has 4 rings (SSSR count). The number of likely N-dealkylation sites (tertiary alicyclic amines) is 1. The van der Waals surface area contributed by atoms with Crippen molar-refractivity contribution in [2.24, 2.45) is 5.92 Å². The number of nitrogens with zero attached hydrogens (tertiary/aromatic N) is 2. The van der Waals surface area contributed by atoms with E-state index in [1.54, 1.807) is 0 Å². The molecule has 0 aliphatic carbocycles. The van der Waals surface area contributed by atoms with Crippen LogP contribution in [0.3, 0.4) is 0 Å². The van der Waals surface area contributed by atoms with Crippen LogP contribution in [-0.2, 0) is 25.9 Å². The predicted octanol–water partition coefficient (Wildman–Crippen LogP) is 0.868. The van der Waals surface area contributed by atoms with E-state index in [-0.39, 0.29) is 18.9 Å². The number of sulfone groups is 1. The van der Waals surface area contributed by atoms with Gasteiger partial charge in [-0.2, -0.15) is 0 Å². The summed E-state index contributed by atoms with van der Waals surface area (Å²) >= 11 is 1.29. The maximum absolute atomic E-state index is 12.8. The van der Waals surface area contributed by atoms with Gasteiger partial charge in [-0.3, -0.25) is 19.7 Å². The topological polar surface area (TPSA) is 116 Å². The molecule has 2 fully saturated rings. The fraction of sp³-hybridized carbons (Fsp3) is 0.583. The van der Waals surface area contributed by atoms with Gasteiger partial charge in [0.2, 0.25) is 0 Å². The molecule has 11 heteroatoms. The number of thiophene rings is 1. The number of carbonyl (C=O) groups excluding carboxylic acids is 2. The Kier molecular flexibility index (Phi) is 7.55. The van der Waals surface area contributed by atoms with Crippen molar-refractivity contribution < 1.29 is 28.0 Å². The molecule has 35 heavy (non-hydrogen) atoms. The Bertz CT molecular complexity index is 1220. The minimum atomic E-state index is -3.82. The van der Waals surface area contributed by atoms with Gasteiger partial charge in [0.25, 0.3) is 11.8 Å². The summed E-state index contributed by atoms with van der Waals surface area (Å²) in [6.45, 7) is 5.28. The van der Waals surface area contributed by atoms with Crippen molar-refractivity contribution in [1.29, 1.82) is 0 Å². The largest absolute Gasteiger partial charge is 0.381 e. The van der Waals surface area contributed by atoms with Crippen LogP contribution in [0.1, 0.15) is 46.3 Å². The lowest BCUT2D eigenvalue weighted by molar-refractivity contribution is -0.131. The average Bonchev–Trinajstić information content (AvgIpc) is 3.33. The van der Waals surface area contributed by atoms with Gasteiger partial charge in [-0.05, 0) is 55.6 Å². The lowest BCUT2D eigenvalue weighted by Crippen LogP contribution is -2.53. The van der Waals surface area contributed by atoms with Gasteiger partial charge in [0.1, 0.15) is 0 Å². The van der Waals surface area contributed by atoms with Crippen LogP contribution in [0.25, 0.3) is 0 Å². The molecule has 3 aliphatic heterocycles. The zero-order chi connectivity index (χ0) is 25.2. The lowest BCUT2D eigenvalue weighted by atomic mass is 9.95. The quantitative estimate of drug-likeness (QED) is 0.325. The van der Waals surface area contributed by atoms with Crippen LogP contribution in [0.15, 0.2) is 6.07 Å². The van der Waals surface area contributed by atoms with Crippen molar-refractivity contribution in [2.75, 3.05) is 39.1 Å². The maximum Gasteiger partial charge on any atom is 0.264 e. The summed E-state index contributed by atoms with van der Waals surface area (Å²) in [4.78, 5) is 30.1. The molecule has 1 aromatic heterocycles.